The van der Waals surface area contributed by atoms with Crippen LogP contribution in [0.4, 0.5) is 8.78 Å². The van der Waals surface area contributed by atoms with Crippen LogP contribution in [0.1, 0.15) is 34.8 Å². The lowest BCUT2D eigenvalue weighted by molar-refractivity contribution is 0.425. The molecule has 0 fully saturated rings. The van der Waals surface area contributed by atoms with E-state index in [-0.39, 0.29) is 6.04 Å². The molecule has 1 aliphatic carbocycles. The molecule has 2 aromatic carbocycles. The van der Waals surface area contributed by atoms with Crippen molar-refractivity contribution < 1.29 is 8.78 Å². The lowest BCUT2D eigenvalue weighted by Gasteiger charge is -2.26. The Labute approximate surface area is 168 Å². The molecule has 0 saturated carbocycles. The first kappa shape index (κ1) is 19.0. The van der Waals surface area contributed by atoms with Crippen molar-refractivity contribution in [3.8, 4) is 0 Å². The van der Waals surface area contributed by atoms with E-state index in [1.54, 1.807) is 0 Å². The molecule has 1 heterocycles. The zero-order valence-electron chi connectivity index (χ0n) is 15.6. The van der Waals surface area contributed by atoms with E-state index in [4.69, 9.17) is 12.2 Å². The lowest BCUT2D eigenvalue weighted by Crippen LogP contribution is -2.20. The van der Waals surface area contributed by atoms with Crippen molar-refractivity contribution in [3.05, 3.63) is 87.5 Å². The van der Waals surface area contributed by atoms with Crippen LogP contribution in [-0.4, -0.2) is 16.1 Å². The third kappa shape index (κ3) is 4.23. The van der Waals surface area contributed by atoms with E-state index >= 15 is 0 Å². The summed E-state index contributed by atoms with van der Waals surface area (Å²) in [6.45, 7) is 1.58. The Morgan fingerprint density at radius 1 is 1.18 bits per heavy atom. The van der Waals surface area contributed by atoms with Gasteiger partial charge in [0.1, 0.15) is 11.6 Å². The minimum atomic E-state index is -0.516. The SMILES string of the molecule is Fc1cc(F)c2c(c1)C[C@@H](n1cc(CNCCc3ccccc3)[nH]c1=S)CC2. The van der Waals surface area contributed by atoms with Crippen LogP contribution in [-0.2, 0) is 25.8 Å². The monoisotopic (exact) mass is 399 g/mol. The Hall–Kier alpha value is -2.31. The summed E-state index contributed by atoms with van der Waals surface area (Å²) < 4.78 is 30.2. The van der Waals surface area contributed by atoms with Crippen LogP contribution < -0.4 is 5.32 Å². The normalized spacial score (nSPS) is 16.1. The maximum atomic E-state index is 14.0. The number of fused-ring (bicyclic) bond motifs is 1. The average molecular weight is 400 g/mol. The average Bonchev–Trinajstić information content (AvgIpc) is 3.06. The molecule has 0 aliphatic heterocycles. The molecule has 1 aliphatic rings. The first-order valence-corrected chi connectivity index (χ1v) is 10.0. The maximum Gasteiger partial charge on any atom is 0.177 e. The first-order valence-electron chi connectivity index (χ1n) is 9.61. The predicted molar refractivity (Wildman–Crippen MR) is 109 cm³/mol. The van der Waals surface area contributed by atoms with Crippen molar-refractivity contribution in [2.75, 3.05) is 6.54 Å². The third-order valence-corrected chi connectivity index (χ3v) is 5.69. The fourth-order valence-corrected chi connectivity index (χ4v) is 4.28. The third-order valence-electron chi connectivity index (χ3n) is 5.37. The highest BCUT2D eigenvalue weighted by atomic mass is 32.1. The van der Waals surface area contributed by atoms with Crippen molar-refractivity contribution in [1.29, 1.82) is 0 Å². The first-order chi connectivity index (χ1) is 13.6. The molecule has 0 radical (unpaired) electrons. The Morgan fingerprint density at radius 3 is 2.82 bits per heavy atom. The molecule has 146 valence electrons. The summed E-state index contributed by atoms with van der Waals surface area (Å²) in [4.78, 5) is 3.25. The summed E-state index contributed by atoms with van der Waals surface area (Å²) >= 11 is 5.49. The van der Waals surface area contributed by atoms with Gasteiger partial charge in [0.05, 0.1) is 0 Å². The number of aromatic amines is 1. The molecule has 3 aromatic rings. The summed E-state index contributed by atoms with van der Waals surface area (Å²) in [5, 5.41) is 3.43. The van der Waals surface area contributed by atoms with Gasteiger partial charge < -0.3 is 14.9 Å². The molecule has 0 saturated heterocycles. The van der Waals surface area contributed by atoms with Crippen molar-refractivity contribution in [3.63, 3.8) is 0 Å². The van der Waals surface area contributed by atoms with Crippen LogP contribution in [0.15, 0.2) is 48.7 Å². The van der Waals surface area contributed by atoms with Crippen LogP contribution >= 0.6 is 12.2 Å². The number of rotatable bonds is 6. The van der Waals surface area contributed by atoms with Gasteiger partial charge in [-0.05, 0) is 67.2 Å². The lowest BCUT2D eigenvalue weighted by atomic mass is 9.87. The number of H-pyrrole nitrogens is 1. The zero-order chi connectivity index (χ0) is 19.5. The molecular weight excluding hydrogens is 376 g/mol. The maximum absolute atomic E-state index is 14.0. The topological polar surface area (TPSA) is 32.8 Å². The van der Waals surface area contributed by atoms with Gasteiger partial charge in [-0.15, -0.1) is 0 Å². The van der Waals surface area contributed by atoms with Gasteiger partial charge in [0.2, 0.25) is 0 Å². The van der Waals surface area contributed by atoms with E-state index < -0.39 is 11.6 Å². The number of aromatic nitrogens is 2. The van der Waals surface area contributed by atoms with Crippen LogP contribution in [0.5, 0.6) is 0 Å². The fourth-order valence-electron chi connectivity index (χ4n) is 3.95. The van der Waals surface area contributed by atoms with Crippen LogP contribution in [0.2, 0.25) is 0 Å². The minimum Gasteiger partial charge on any atom is -0.333 e. The minimum absolute atomic E-state index is 0.121. The highest BCUT2D eigenvalue weighted by molar-refractivity contribution is 7.71. The Kier molecular flexibility index (Phi) is 5.69. The van der Waals surface area contributed by atoms with Gasteiger partial charge in [0, 0.05) is 30.5 Å². The number of hydrogen-bond acceptors (Lipinski definition) is 2. The highest BCUT2D eigenvalue weighted by Crippen LogP contribution is 2.31. The molecule has 3 nitrogen and oxygen atoms in total. The second-order valence-electron chi connectivity index (χ2n) is 7.33. The molecule has 1 aromatic heterocycles. The number of halogens is 2. The van der Waals surface area contributed by atoms with Gasteiger partial charge >= 0.3 is 0 Å². The van der Waals surface area contributed by atoms with Crippen LogP contribution in [0, 0.1) is 16.4 Å². The molecule has 4 rings (SSSR count). The Bertz CT molecular complexity index is 1010. The predicted octanol–water partition coefficient (Wildman–Crippen LogP) is 4.89. The quantitative estimate of drug-likeness (QED) is 0.457. The molecule has 2 N–H and O–H groups in total. The molecule has 0 spiro atoms. The van der Waals surface area contributed by atoms with Crippen LogP contribution in [0.25, 0.3) is 0 Å². The van der Waals surface area contributed by atoms with E-state index in [1.807, 2.05) is 29.0 Å². The smallest absolute Gasteiger partial charge is 0.177 e. The molecule has 1 atom stereocenters. The van der Waals surface area contributed by atoms with Gasteiger partial charge in [-0.3, -0.25) is 0 Å². The fraction of sp³-hybridized carbons (Fsp3) is 0.318. The van der Waals surface area contributed by atoms with Gasteiger partial charge in [0.15, 0.2) is 4.77 Å². The van der Waals surface area contributed by atoms with Gasteiger partial charge in [0.25, 0.3) is 0 Å². The number of nitrogens with one attached hydrogen (secondary N) is 2. The molecule has 0 amide bonds. The highest BCUT2D eigenvalue weighted by Gasteiger charge is 2.24. The summed E-state index contributed by atoms with van der Waals surface area (Å²) in [5.41, 5.74) is 3.72. The van der Waals surface area contributed by atoms with Crippen molar-refractivity contribution >= 4 is 12.2 Å². The molecule has 6 heteroatoms. The number of nitrogens with zero attached hydrogens (tertiary/aromatic N) is 1. The summed E-state index contributed by atoms with van der Waals surface area (Å²) in [7, 11) is 0. The van der Waals surface area contributed by atoms with E-state index in [0.29, 0.717) is 29.7 Å². The molecule has 28 heavy (non-hydrogen) atoms. The second-order valence-corrected chi connectivity index (χ2v) is 7.71. The van der Waals surface area contributed by atoms with Crippen LogP contribution in [0.3, 0.4) is 0 Å². The van der Waals surface area contributed by atoms with E-state index in [1.165, 1.54) is 11.6 Å². The van der Waals surface area contributed by atoms with Gasteiger partial charge in [-0.2, -0.15) is 0 Å². The van der Waals surface area contributed by atoms with Gasteiger partial charge in [-0.1, -0.05) is 30.3 Å². The largest absolute Gasteiger partial charge is 0.333 e. The number of hydrogen-bond donors (Lipinski definition) is 2. The summed E-state index contributed by atoms with van der Waals surface area (Å²) in [6.07, 6.45) is 4.99. The zero-order valence-corrected chi connectivity index (χ0v) is 16.4. The molecular formula is C22H23F2N3S. The van der Waals surface area contributed by atoms with E-state index in [0.717, 1.165) is 36.7 Å². The second kappa shape index (κ2) is 8.37. The van der Waals surface area contributed by atoms with Crippen molar-refractivity contribution in [1.82, 2.24) is 14.9 Å². The summed E-state index contributed by atoms with van der Waals surface area (Å²) in [6, 6.07) is 12.9. The molecule has 0 bridgehead atoms. The Balaban J connectivity index is 1.38. The standard InChI is InChI=1S/C22H23F2N3S/c23-17-10-16-11-19(6-7-20(16)21(24)12-17)27-14-18(26-22(27)28)13-25-9-8-15-4-2-1-3-5-15/h1-5,10,12,14,19,25H,6-9,11,13H2,(H,26,28)/t19-/m0/s1. The van der Waals surface area contributed by atoms with E-state index in [9.17, 15) is 8.78 Å². The van der Waals surface area contributed by atoms with Gasteiger partial charge in [-0.25, -0.2) is 8.78 Å². The van der Waals surface area contributed by atoms with Crippen molar-refractivity contribution in [2.45, 2.75) is 38.3 Å². The van der Waals surface area contributed by atoms with E-state index in [2.05, 4.69) is 22.4 Å². The molecule has 0 unspecified atom stereocenters. The van der Waals surface area contributed by atoms with Crippen molar-refractivity contribution in [2.24, 2.45) is 0 Å². The number of imidazole rings is 1. The Morgan fingerprint density at radius 2 is 2.00 bits per heavy atom. The number of benzene rings is 2. The summed E-state index contributed by atoms with van der Waals surface area (Å²) in [5.74, 6) is -0.952.